The van der Waals surface area contributed by atoms with E-state index in [-0.39, 0.29) is 6.73 Å². The highest BCUT2D eigenvalue weighted by atomic mass is 16.5. The number of rotatable bonds is 10. The Labute approximate surface area is 140 Å². The first-order chi connectivity index (χ1) is 11.5. The fourth-order valence-corrected chi connectivity index (χ4v) is 1.89. The van der Waals surface area contributed by atoms with Crippen LogP contribution >= 0.6 is 0 Å². The third kappa shape index (κ3) is 7.70. The zero-order valence-corrected chi connectivity index (χ0v) is 13.6. The van der Waals surface area contributed by atoms with Gasteiger partial charge >= 0.3 is 11.9 Å². The van der Waals surface area contributed by atoms with Crippen molar-refractivity contribution < 1.29 is 24.6 Å². The van der Waals surface area contributed by atoms with Crippen molar-refractivity contribution in [1.29, 1.82) is 0 Å². The lowest BCUT2D eigenvalue weighted by molar-refractivity contribution is -0.142. The molecule has 1 aromatic rings. The quantitative estimate of drug-likeness (QED) is 0.167. The van der Waals surface area contributed by atoms with Gasteiger partial charge in [0.2, 0.25) is 0 Å². The van der Waals surface area contributed by atoms with Gasteiger partial charge in [-0.3, -0.25) is 4.79 Å². The van der Waals surface area contributed by atoms with E-state index in [1.807, 2.05) is 6.07 Å². The largest absolute Gasteiger partial charge is 0.480 e. The number of carbonyl (C=O) groups excluding carboxylic acids is 1. The molecule has 1 rings (SSSR count). The Hall–Kier alpha value is -2.45. The third-order valence-corrected chi connectivity index (χ3v) is 3.26. The molecule has 0 aromatic heterocycles. The van der Waals surface area contributed by atoms with Gasteiger partial charge in [0.15, 0.2) is 6.73 Å². The number of hydroxylamine groups is 1. The third-order valence-electron chi connectivity index (χ3n) is 3.26. The Balaban J connectivity index is 2.16. The maximum atomic E-state index is 11.7. The predicted molar refractivity (Wildman–Crippen MR) is 88.0 cm³/mol. The number of nitrogens with zero attached hydrogens (tertiary/aromatic N) is 1. The van der Waals surface area contributed by atoms with E-state index in [0.717, 1.165) is 6.42 Å². The van der Waals surface area contributed by atoms with E-state index in [1.54, 1.807) is 36.7 Å². The van der Waals surface area contributed by atoms with Gasteiger partial charge in [0.1, 0.15) is 6.04 Å². The van der Waals surface area contributed by atoms with E-state index in [9.17, 15) is 9.59 Å². The van der Waals surface area contributed by atoms with Gasteiger partial charge in [0.05, 0.1) is 11.4 Å². The van der Waals surface area contributed by atoms with E-state index in [0.29, 0.717) is 30.8 Å². The molecule has 8 heteroatoms. The number of esters is 1. The molecule has 1 atom stereocenters. The Bertz CT molecular complexity index is 548. The highest BCUT2D eigenvalue weighted by Gasteiger charge is 2.14. The number of nitrogens with one attached hydrogen (secondary N) is 2. The van der Waals surface area contributed by atoms with Crippen molar-refractivity contribution in [3.05, 3.63) is 35.9 Å². The van der Waals surface area contributed by atoms with Crippen LogP contribution in [0.4, 0.5) is 0 Å². The minimum Gasteiger partial charge on any atom is -0.480 e. The van der Waals surface area contributed by atoms with E-state index < -0.39 is 18.0 Å². The molecule has 24 heavy (non-hydrogen) atoms. The summed E-state index contributed by atoms with van der Waals surface area (Å²) in [7, 11) is 0. The second kappa shape index (κ2) is 11.1. The van der Waals surface area contributed by atoms with Crippen molar-refractivity contribution >= 4 is 17.8 Å². The Morgan fingerprint density at radius 3 is 2.58 bits per heavy atom. The number of unbranched alkanes of at least 4 members (excludes halogenated alkanes) is 1. The molecule has 0 radical (unpaired) electrons. The summed E-state index contributed by atoms with van der Waals surface area (Å²) in [5.41, 5.74) is 2.24. The van der Waals surface area contributed by atoms with Gasteiger partial charge in [0.25, 0.3) is 0 Å². The number of aliphatic carboxylic acids is 1. The molecule has 0 aliphatic rings. The molecule has 0 spiro atoms. The van der Waals surface area contributed by atoms with Crippen LogP contribution in [0.3, 0.4) is 0 Å². The van der Waals surface area contributed by atoms with Crippen LogP contribution in [-0.4, -0.2) is 47.4 Å². The minimum atomic E-state index is -1.08. The van der Waals surface area contributed by atoms with Gasteiger partial charge in [-0.05, 0) is 38.3 Å². The van der Waals surface area contributed by atoms with Crippen molar-refractivity contribution in [2.24, 2.45) is 4.99 Å². The van der Waals surface area contributed by atoms with Crippen LogP contribution in [0.2, 0.25) is 0 Å². The van der Waals surface area contributed by atoms with E-state index in [2.05, 4.69) is 10.3 Å². The molecule has 0 saturated carbocycles. The van der Waals surface area contributed by atoms with Gasteiger partial charge in [-0.1, -0.05) is 18.2 Å². The van der Waals surface area contributed by atoms with Crippen LogP contribution in [0.1, 0.15) is 36.5 Å². The summed E-state index contributed by atoms with van der Waals surface area (Å²) in [4.78, 5) is 26.4. The number of hydrogen-bond donors (Lipinski definition) is 4. The standard InChI is InChI=1S/C16H23N3O5/c1-12(17-10-6-5-9-14(19-23)15(20)21)18-11-24-16(22)13-7-3-2-4-8-13/h2-4,7-8,14,19,23H,5-6,9-11H2,1H3,(H,17,18)(H,20,21)/t14-/m0/s1. The SMILES string of the molecule is CC(=NCOC(=O)c1ccccc1)NCCCC[C@H](NO)C(=O)O. The molecule has 1 aromatic carbocycles. The second-order valence-electron chi connectivity index (χ2n) is 5.11. The molecule has 0 aliphatic carbocycles. The van der Waals surface area contributed by atoms with Crippen LogP contribution in [-0.2, 0) is 9.53 Å². The number of aliphatic imine (C=N–C) groups is 1. The maximum Gasteiger partial charge on any atom is 0.339 e. The van der Waals surface area contributed by atoms with E-state index in [4.69, 9.17) is 15.1 Å². The van der Waals surface area contributed by atoms with Crippen molar-refractivity contribution in [1.82, 2.24) is 10.8 Å². The summed E-state index contributed by atoms with van der Waals surface area (Å²) in [6.45, 7) is 2.30. The first-order valence-corrected chi connectivity index (χ1v) is 7.64. The molecule has 0 aliphatic heterocycles. The van der Waals surface area contributed by atoms with Crippen molar-refractivity contribution in [2.75, 3.05) is 13.3 Å². The Morgan fingerprint density at radius 1 is 1.25 bits per heavy atom. The Kier molecular flexibility index (Phi) is 9.10. The lowest BCUT2D eigenvalue weighted by Gasteiger charge is -2.10. The first-order valence-electron chi connectivity index (χ1n) is 7.64. The number of amidine groups is 1. The normalized spacial score (nSPS) is 12.5. The molecule has 0 fully saturated rings. The molecule has 0 heterocycles. The van der Waals surface area contributed by atoms with E-state index in [1.165, 1.54) is 0 Å². The maximum absolute atomic E-state index is 11.7. The molecular formula is C16H23N3O5. The topological polar surface area (TPSA) is 120 Å². The van der Waals surface area contributed by atoms with Gasteiger partial charge < -0.3 is 20.4 Å². The molecule has 0 unspecified atom stereocenters. The number of ether oxygens (including phenoxy) is 1. The number of hydrogen-bond acceptors (Lipinski definition) is 6. The number of carbonyl (C=O) groups is 2. The fourth-order valence-electron chi connectivity index (χ4n) is 1.89. The van der Waals surface area contributed by atoms with Crippen LogP contribution in [0.25, 0.3) is 0 Å². The molecular weight excluding hydrogens is 314 g/mol. The number of carboxylic acids is 1. The monoisotopic (exact) mass is 337 g/mol. The van der Waals surface area contributed by atoms with Gasteiger partial charge in [-0.25, -0.2) is 9.79 Å². The van der Waals surface area contributed by atoms with Crippen molar-refractivity contribution in [3.8, 4) is 0 Å². The molecule has 0 bridgehead atoms. The molecule has 8 nitrogen and oxygen atoms in total. The van der Waals surface area contributed by atoms with Crippen LogP contribution < -0.4 is 10.8 Å². The lowest BCUT2D eigenvalue weighted by atomic mass is 10.1. The summed E-state index contributed by atoms with van der Waals surface area (Å²) in [5, 5.41) is 20.4. The lowest BCUT2D eigenvalue weighted by Crippen LogP contribution is -2.34. The zero-order valence-electron chi connectivity index (χ0n) is 13.6. The molecule has 0 saturated heterocycles. The smallest absolute Gasteiger partial charge is 0.339 e. The predicted octanol–water partition coefficient (Wildman–Crippen LogP) is 1.41. The summed E-state index contributed by atoms with van der Waals surface area (Å²) in [6, 6.07) is 7.73. The first kappa shape index (κ1) is 19.6. The minimum absolute atomic E-state index is 0.0674. The Morgan fingerprint density at radius 2 is 1.96 bits per heavy atom. The summed E-state index contributed by atoms with van der Waals surface area (Å²) in [5.74, 6) is -0.877. The average molecular weight is 337 g/mol. The van der Waals surface area contributed by atoms with Gasteiger partial charge in [-0.15, -0.1) is 0 Å². The highest BCUT2D eigenvalue weighted by Crippen LogP contribution is 2.01. The van der Waals surface area contributed by atoms with Crippen molar-refractivity contribution in [3.63, 3.8) is 0 Å². The molecule has 132 valence electrons. The fraction of sp³-hybridized carbons (Fsp3) is 0.438. The number of carboxylic acid groups (broad SMARTS) is 1. The van der Waals surface area contributed by atoms with Crippen LogP contribution in [0.5, 0.6) is 0 Å². The summed E-state index contributed by atoms with van der Waals surface area (Å²) in [6.07, 6.45) is 1.69. The van der Waals surface area contributed by atoms with Crippen LogP contribution in [0, 0.1) is 0 Å². The second-order valence-corrected chi connectivity index (χ2v) is 5.11. The summed E-state index contributed by atoms with van der Waals surface area (Å²) >= 11 is 0. The van der Waals surface area contributed by atoms with Crippen LogP contribution in [0.15, 0.2) is 35.3 Å². The number of benzene rings is 1. The average Bonchev–Trinajstić information content (AvgIpc) is 2.58. The molecule has 4 N–H and O–H groups in total. The zero-order chi connectivity index (χ0) is 17.8. The van der Waals surface area contributed by atoms with Gasteiger partial charge in [-0.2, -0.15) is 5.48 Å². The van der Waals surface area contributed by atoms with E-state index >= 15 is 0 Å². The van der Waals surface area contributed by atoms with Gasteiger partial charge in [0, 0.05) is 6.54 Å². The summed E-state index contributed by atoms with van der Waals surface area (Å²) < 4.78 is 5.03. The molecule has 0 amide bonds. The van der Waals surface area contributed by atoms with Crippen molar-refractivity contribution in [2.45, 2.75) is 32.2 Å². The highest BCUT2D eigenvalue weighted by molar-refractivity contribution is 5.89.